The van der Waals surface area contributed by atoms with Crippen molar-refractivity contribution in [1.29, 1.82) is 0 Å². The number of carbonyl (C=O) groups excluding carboxylic acids is 1. The molecule has 0 aliphatic rings. The van der Waals surface area contributed by atoms with Crippen LogP contribution in [0.2, 0.25) is 0 Å². The number of anilines is 1. The van der Waals surface area contributed by atoms with Crippen molar-refractivity contribution in [3.05, 3.63) is 53.0 Å². The maximum absolute atomic E-state index is 11.7. The fourth-order valence-electron chi connectivity index (χ4n) is 1.85. The Morgan fingerprint density at radius 2 is 1.84 bits per heavy atom. The predicted octanol–water partition coefficient (Wildman–Crippen LogP) is 3.95. The molecule has 4 nitrogen and oxygen atoms in total. The highest BCUT2D eigenvalue weighted by Crippen LogP contribution is 2.19. The molecule has 100 valence electrons. The number of hydrogen-bond acceptors (Lipinski definition) is 3. The van der Waals surface area contributed by atoms with Gasteiger partial charge in [0.25, 0.3) is 0 Å². The van der Waals surface area contributed by atoms with Crippen LogP contribution in [-0.2, 0) is 11.3 Å². The molecule has 0 unspecified atom stereocenters. The van der Waals surface area contributed by atoms with Gasteiger partial charge in [-0.3, -0.25) is 5.32 Å². The molecular weight excluding hydrogens is 242 g/mol. The Balaban J connectivity index is 1.94. The molecule has 1 heterocycles. The van der Waals surface area contributed by atoms with Gasteiger partial charge in [-0.15, -0.1) is 0 Å². The highest BCUT2D eigenvalue weighted by molar-refractivity contribution is 5.86. The number of amides is 1. The van der Waals surface area contributed by atoms with Crippen molar-refractivity contribution < 1.29 is 13.9 Å². The molecule has 1 N–H and O–H groups in total. The Hall–Kier alpha value is -2.23. The number of aryl methyl sites for hydroxylation is 3. The average Bonchev–Trinajstić information content (AvgIpc) is 2.77. The lowest BCUT2D eigenvalue weighted by Crippen LogP contribution is -2.15. The standard InChI is InChI=1S/C15H17NO3/c1-10-5-4-6-11(2)14(10)16-15(17)18-9-13-8-7-12(3)19-13/h4-8H,9H2,1-3H3,(H,16,17). The minimum absolute atomic E-state index is 0.130. The molecule has 1 aromatic carbocycles. The molecule has 0 atom stereocenters. The van der Waals surface area contributed by atoms with E-state index >= 15 is 0 Å². The van der Waals surface area contributed by atoms with E-state index in [4.69, 9.17) is 9.15 Å². The van der Waals surface area contributed by atoms with Crippen molar-refractivity contribution in [2.45, 2.75) is 27.4 Å². The lowest BCUT2D eigenvalue weighted by molar-refractivity contribution is 0.145. The second kappa shape index (κ2) is 5.61. The number of rotatable bonds is 3. The van der Waals surface area contributed by atoms with Gasteiger partial charge in [-0.1, -0.05) is 18.2 Å². The van der Waals surface area contributed by atoms with Crippen molar-refractivity contribution in [2.24, 2.45) is 0 Å². The molecule has 1 aromatic heterocycles. The van der Waals surface area contributed by atoms with Crippen LogP contribution in [0, 0.1) is 20.8 Å². The van der Waals surface area contributed by atoms with Crippen LogP contribution in [0.15, 0.2) is 34.7 Å². The first-order valence-corrected chi connectivity index (χ1v) is 6.11. The monoisotopic (exact) mass is 259 g/mol. The Morgan fingerprint density at radius 1 is 1.16 bits per heavy atom. The SMILES string of the molecule is Cc1ccc(COC(=O)Nc2c(C)cccc2C)o1. The van der Waals surface area contributed by atoms with E-state index in [2.05, 4.69) is 5.32 Å². The number of ether oxygens (including phenoxy) is 1. The largest absolute Gasteiger partial charge is 0.463 e. The summed E-state index contributed by atoms with van der Waals surface area (Å²) in [5, 5.41) is 2.75. The molecule has 2 rings (SSSR count). The lowest BCUT2D eigenvalue weighted by atomic mass is 10.1. The average molecular weight is 259 g/mol. The summed E-state index contributed by atoms with van der Waals surface area (Å²) in [6.07, 6.45) is -0.480. The zero-order chi connectivity index (χ0) is 13.8. The molecule has 0 aliphatic heterocycles. The molecule has 1 amide bonds. The van der Waals surface area contributed by atoms with E-state index in [0.717, 1.165) is 22.6 Å². The summed E-state index contributed by atoms with van der Waals surface area (Å²) in [5.41, 5.74) is 2.81. The summed E-state index contributed by atoms with van der Waals surface area (Å²) in [6, 6.07) is 9.47. The van der Waals surface area contributed by atoms with Crippen LogP contribution in [0.1, 0.15) is 22.6 Å². The lowest BCUT2D eigenvalue weighted by Gasteiger charge is -2.11. The normalized spacial score (nSPS) is 10.3. The smallest absolute Gasteiger partial charge is 0.412 e. The van der Waals surface area contributed by atoms with Gasteiger partial charge in [0.05, 0.1) is 0 Å². The van der Waals surface area contributed by atoms with Crippen molar-refractivity contribution in [3.8, 4) is 0 Å². The maximum Gasteiger partial charge on any atom is 0.412 e. The quantitative estimate of drug-likeness (QED) is 0.907. The van der Waals surface area contributed by atoms with E-state index in [1.54, 1.807) is 6.07 Å². The van der Waals surface area contributed by atoms with Gasteiger partial charge in [0, 0.05) is 5.69 Å². The zero-order valence-electron chi connectivity index (χ0n) is 11.3. The fraction of sp³-hybridized carbons (Fsp3) is 0.267. The highest BCUT2D eigenvalue weighted by Gasteiger charge is 2.09. The Morgan fingerprint density at radius 3 is 2.42 bits per heavy atom. The second-order valence-electron chi connectivity index (χ2n) is 4.48. The number of furan rings is 1. The Bertz CT molecular complexity index is 567. The third-order valence-electron chi connectivity index (χ3n) is 2.85. The molecule has 0 fully saturated rings. The first kappa shape index (κ1) is 13.2. The van der Waals surface area contributed by atoms with E-state index in [0.29, 0.717) is 5.76 Å². The highest BCUT2D eigenvalue weighted by atomic mass is 16.6. The summed E-state index contributed by atoms with van der Waals surface area (Å²) in [5.74, 6) is 1.43. The maximum atomic E-state index is 11.7. The van der Waals surface area contributed by atoms with Crippen LogP contribution < -0.4 is 5.32 Å². The van der Waals surface area contributed by atoms with Crippen LogP contribution >= 0.6 is 0 Å². The summed E-state index contributed by atoms with van der Waals surface area (Å²) < 4.78 is 10.4. The first-order chi connectivity index (χ1) is 9.06. The summed E-state index contributed by atoms with van der Waals surface area (Å²) >= 11 is 0. The predicted molar refractivity (Wildman–Crippen MR) is 73.2 cm³/mol. The second-order valence-corrected chi connectivity index (χ2v) is 4.48. The number of nitrogens with one attached hydrogen (secondary N) is 1. The molecule has 0 aliphatic carbocycles. The van der Waals surface area contributed by atoms with Gasteiger partial charge in [0.15, 0.2) is 6.61 Å². The van der Waals surface area contributed by atoms with E-state index in [-0.39, 0.29) is 6.61 Å². The summed E-state index contributed by atoms with van der Waals surface area (Å²) in [7, 11) is 0. The molecule has 0 saturated carbocycles. The van der Waals surface area contributed by atoms with E-state index in [1.165, 1.54) is 0 Å². The first-order valence-electron chi connectivity index (χ1n) is 6.11. The van der Waals surface area contributed by atoms with Crippen LogP contribution in [0.5, 0.6) is 0 Å². The minimum Gasteiger partial charge on any atom is -0.463 e. The van der Waals surface area contributed by atoms with Gasteiger partial charge < -0.3 is 9.15 Å². The van der Waals surface area contributed by atoms with Crippen molar-refractivity contribution >= 4 is 11.8 Å². The van der Waals surface area contributed by atoms with Crippen LogP contribution in [0.4, 0.5) is 10.5 Å². The third kappa shape index (κ3) is 3.37. The molecular formula is C15H17NO3. The van der Waals surface area contributed by atoms with Crippen LogP contribution in [0.3, 0.4) is 0 Å². The number of benzene rings is 1. The van der Waals surface area contributed by atoms with Gasteiger partial charge in [0.1, 0.15) is 11.5 Å². The molecule has 4 heteroatoms. The zero-order valence-corrected chi connectivity index (χ0v) is 11.3. The molecule has 0 radical (unpaired) electrons. The van der Waals surface area contributed by atoms with Crippen LogP contribution in [-0.4, -0.2) is 6.09 Å². The van der Waals surface area contributed by atoms with Gasteiger partial charge >= 0.3 is 6.09 Å². The minimum atomic E-state index is -0.480. The van der Waals surface area contributed by atoms with E-state index < -0.39 is 6.09 Å². The molecule has 0 saturated heterocycles. The third-order valence-corrected chi connectivity index (χ3v) is 2.85. The Kier molecular flexibility index (Phi) is 3.90. The van der Waals surface area contributed by atoms with Crippen molar-refractivity contribution in [2.75, 3.05) is 5.32 Å². The summed E-state index contributed by atoms with van der Waals surface area (Å²) in [6.45, 7) is 5.86. The van der Waals surface area contributed by atoms with Gasteiger partial charge in [-0.25, -0.2) is 4.79 Å². The Labute approximate surface area is 112 Å². The van der Waals surface area contributed by atoms with Gasteiger partial charge in [0.2, 0.25) is 0 Å². The molecule has 19 heavy (non-hydrogen) atoms. The molecule has 0 spiro atoms. The number of carbonyl (C=O) groups is 1. The van der Waals surface area contributed by atoms with Gasteiger partial charge in [-0.05, 0) is 44.0 Å². The van der Waals surface area contributed by atoms with Crippen LogP contribution in [0.25, 0.3) is 0 Å². The molecule has 0 bridgehead atoms. The number of para-hydroxylation sites is 1. The van der Waals surface area contributed by atoms with E-state index in [9.17, 15) is 4.79 Å². The summed E-state index contributed by atoms with van der Waals surface area (Å²) in [4.78, 5) is 11.7. The fourth-order valence-corrected chi connectivity index (χ4v) is 1.85. The van der Waals surface area contributed by atoms with E-state index in [1.807, 2.05) is 45.0 Å². The van der Waals surface area contributed by atoms with Gasteiger partial charge in [-0.2, -0.15) is 0 Å². The topological polar surface area (TPSA) is 51.5 Å². The molecule has 2 aromatic rings. The van der Waals surface area contributed by atoms with Crippen molar-refractivity contribution in [3.63, 3.8) is 0 Å². The van der Waals surface area contributed by atoms with Crippen molar-refractivity contribution in [1.82, 2.24) is 0 Å². The number of hydrogen-bond donors (Lipinski definition) is 1.